The Kier molecular flexibility index (Phi) is 3.88. The van der Waals surface area contributed by atoms with Crippen molar-refractivity contribution in [2.75, 3.05) is 24.5 Å². The maximum Gasteiger partial charge on any atom is 0.0703 e. The third-order valence-corrected chi connectivity index (χ3v) is 4.12. The molecule has 1 saturated heterocycles. The number of rotatable bonds is 1. The number of nitrogens with zero attached hydrogens (tertiary/aromatic N) is 2. The third kappa shape index (κ3) is 2.93. The largest absolute Gasteiger partial charge is 0.370 e. The summed E-state index contributed by atoms with van der Waals surface area (Å²) >= 11 is 0. The first-order valence-corrected chi connectivity index (χ1v) is 7.55. The smallest absolute Gasteiger partial charge is 0.0703 e. The number of benzene rings is 1. The van der Waals surface area contributed by atoms with E-state index in [1.54, 1.807) is 0 Å². The predicted molar refractivity (Wildman–Crippen MR) is 85.2 cm³/mol. The van der Waals surface area contributed by atoms with Crippen LogP contribution in [0.1, 0.15) is 20.3 Å². The highest BCUT2D eigenvalue weighted by Gasteiger charge is 2.17. The summed E-state index contributed by atoms with van der Waals surface area (Å²) in [6.45, 7) is 7.87. The van der Waals surface area contributed by atoms with Crippen molar-refractivity contribution in [3.05, 3.63) is 36.5 Å². The molecule has 0 saturated carbocycles. The maximum absolute atomic E-state index is 4.60. The number of nitrogens with one attached hydrogen (secondary N) is 1. The summed E-state index contributed by atoms with van der Waals surface area (Å²) < 4.78 is 0. The van der Waals surface area contributed by atoms with Gasteiger partial charge in [-0.15, -0.1) is 0 Å². The average Bonchev–Trinajstić information content (AvgIpc) is 2.47. The zero-order chi connectivity index (χ0) is 13.9. The van der Waals surface area contributed by atoms with Crippen LogP contribution in [0.5, 0.6) is 0 Å². The van der Waals surface area contributed by atoms with Crippen LogP contribution in [-0.4, -0.2) is 30.7 Å². The first kappa shape index (κ1) is 13.4. The summed E-state index contributed by atoms with van der Waals surface area (Å²) in [4.78, 5) is 7.08. The molecular formula is C17H23N3. The lowest BCUT2D eigenvalue weighted by Crippen LogP contribution is -2.42. The van der Waals surface area contributed by atoms with Crippen LogP contribution in [0.15, 0.2) is 36.5 Å². The molecule has 1 aromatic heterocycles. The van der Waals surface area contributed by atoms with Gasteiger partial charge in [0.2, 0.25) is 0 Å². The van der Waals surface area contributed by atoms with E-state index in [0.717, 1.165) is 25.2 Å². The average molecular weight is 269 g/mol. The van der Waals surface area contributed by atoms with Crippen LogP contribution < -0.4 is 10.2 Å². The zero-order valence-electron chi connectivity index (χ0n) is 12.3. The predicted octanol–water partition coefficient (Wildman–Crippen LogP) is 3.06. The Hall–Kier alpha value is -1.61. The molecule has 0 radical (unpaired) electrons. The van der Waals surface area contributed by atoms with Gasteiger partial charge in [0.05, 0.1) is 17.4 Å². The maximum atomic E-state index is 4.60. The first-order valence-electron chi connectivity index (χ1n) is 7.55. The SMILES string of the molecule is CC1CNC(C)CCN(c2cnc3ccccc3c2)C1. The Morgan fingerprint density at radius 3 is 3.00 bits per heavy atom. The Balaban J connectivity index is 1.87. The molecular weight excluding hydrogens is 246 g/mol. The lowest BCUT2D eigenvalue weighted by molar-refractivity contribution is 0.411. The fourth-order valence-electron chi connectivity index (χ4n) is 2.85. The van der Waals surface area contributed by atoms with E-state index in [0.29, 0.717) is 12.0 Å². The van der Waals surface area contributed by atoms with Gasteiger partial charge in [0.25, 0.3) is 0 Å². The molecule has 3 nitrogen and oxygen atoms in total. The fourth-order valence-corrected chi connectivity index (χ4v) is 2.85. The molecule has 0 bridgehead atoms. The molecule has 2 unspecified atom stereocenters. The van der Waals surface area contributed by atoms with Crippen LogP contribution in [-0.2, 0) is 0 Å². The Labute approximate surface area is 121 Å². The Morgan fingerprint density at radius 1 is 1.25 bits per heavy atom. The van der Waals surface area contributed by atoms with Crippen molar-refractivity contribution in [3.63, 3.8) is 0 Å². The van der Waals surface area contributed by atoms with E-state index in [1.807, 2.05) is 12.3 Å². The molecule has 2 aromatic rings. The number of aromatic nitrogens is 1. The molecule has 3 heteroatoms. The molecule has 0 amide bonds. The minimum absolute atomic E-state index is 0.591. The van der Waals surface area contributed by atoms with E-state index in [4.69, 9.17) is 0 Å². The van der Waals surface area contributed by atoms with Gasteiger partial charge < -0.3 is 10.2 Å². The first-order chi connectivity index (χ1) is 9.72. The van der Waals surface area contributed by atoms with E-state index in [2.05, 4.69) is 53.3 Å². The van der Waals surface area contributed by atoms with Gasteiger partial charge in [0, 0.05) is 24.5 Å². The molecule has 1 aromatic carbocycles. The minimum atomic E-state index is 0.591. The summed E-state index contributed by atoms with van der Waals surface area (Å²) in [5, 5.41) is 4.82. The quantitative estimate of drug-likeness (QED) is 0.862. The van der Waals surface area contributed by atoms with Crippen LogP contribution in [0.4, 0.5) is 5.69 Å². The molecule has 3 rings (SSSR count). The number of pyridine rings is 1. The van der Waals surface area contributed by atoms with E-state index < -0.39 is 0 Å². The van der Waals surface area contributed by atoms with E-state index in [1.165, 1.54) is 17.5 Å². The highest BCUT2D eigenvalue weighted by atomic mass is 15.1. The van der Waals surface area contributed by atoms with Crippen molar-refractivity contribution in [1.29, 1.82) is 0 Å². The van der Waals surface area contributed by atoms with Crippen LogP contribution in [0.25, 0.3) is 10.9 Å². The van der Waals surface area contributed by atoms with Gasteiger partial charge in [-0.25, -0.2) is 0 Å². The molecule has 1 N–H and O–H groups in total. The van der Waals surface area contributed by atoms with E-state index >= 15 is 0 Å². The third-order valence-electron chi connectivity index (χ3n) is 4.12. The van der Waals surface area contributed by atoms with Crippen LogP contribution in [0, 0.1) is 5.92 Å². The second kappa shape index (κ2) is 5.80. The Bertz CT molecular complexity index is 581. The summed E-state index contributed by atoms with van der Waals surface area (Å²) in [6.07, 6.45) is 3.20. The molecule has 20 heavy (non-hydrogen) atoms. The molecule has 106 valence electrons. The van der Waals surface area contributed by atoms with Crippen molar-refractivity contribution >= 4 is 16.6 Å². The minimum Gasteiger partial charge on any atom is -0.370 e. The van der Waals surface area contributed by atoms with Crippen LogP contribution in [0.2, 0.25) is 0 Å². The van der Waals surface area contributed by atoms with Crippen LogP contribution in [0.3, 0.4) is 0 Å². The highest BCUT2D eigenvalue weighted by molar-refractivity contribution is 5.81. The summed E-state index contributed by atoms with van der Waals surface area (Å²) in [5.41, 5.74) is 2.33. The van der Waals surface area contributed by atoms with Gasteiger partial charge in [0.15, 0.2) is 0 Å². The van der Waals surface area contributed by atoms with Gasteiger partial charge in [-0.05, 0) is 37.9 Å². The molecule has 1 fully saturated rings. The number of hydrogen-bond donors (Lipinski definition) is 1. The van der Waals surface area contributed by atoms with Crippen molar-refractivity contribution in [1.82, 2.24) is 10.3 Å². The Morgan fingerprint density at radius 2 is 2.10 bits per heavy atom. The summed E-state index contributed by atoms with van der Waals surface area (Å²) in [5.74, 6) is 0.657. The van der Waals surface area contributed by atoms with Crippen molar-refractivity contribution < 1.29 is 0 Å². The summed E-state index contributed by atoms with van der Waals surface area (Å²) in [7, 11) is 0. The molecule has 1 aliphatic heterocycles. The lowest BCUT2D eigenvalue weighted by atomic mass is 10.1. The molecule has 2 heterocycles. The van der Waals surface area contributed by atoms with Gasteiger partial charge >= 0.3 is 0 Å². The van der Waals surface area contributed by atoms with Gasteiger partial charge in [-0.3, -0.25) is 4.98 Å². The number of hydrogen-bond acceptors (Lipinski definition) is 3. The standard InChI is InChI=1S/C17H23N3/c1-13-10-18-14(2)7-8-20(12-13)16-9-15-5-3-4-6-17(15)19-11-16/h3-6,9,11,13-14,18H,7-8,10,12H2,1-2H3. The van der Waals surface area contributed by atoms with Crippen molar-refractivity contribution in [2.24, 2.45) is 5.92 Å². The second-order valence-corrected chi connectivity index (χ2v) is 6.04. The molecule has 0 spiro atoms. The van der Waals surface area contributed by atoms with E-state index in [9.17, 15) is 0 Å². The second-order valence-electron chi connectivity index (χ2n) is 6.04. The molecule has 1 aliphatic rings. The number of anilines is 1. The lowest BCUT2D eigenvalue weighted by Gasteiger charge is -2.32. The normalized spacial score (nSPS) is 24.4. The summed E-state index contributed by atoms with van der Waals surface area (Å²) in [6, 6.07) is 11.2. The van der Waals surface area contributed by atoms with Crippen molar-refractivity contribution in [2.45, 2.75) is 26.3 Å². The van der Waals surface area contributed by atoms with Gasteiger partial charge in [-0.2, -0.15) is 0 Å². The van der Waals surface area contributed by atoms with Gasteiger partial charge in [-0.1, -0.05) is 25.1 Å². The number of para-hydroxylation sites is 1. The fraction of sp³-hybridized carbons (Fsp3) is 0.471. The highest BCUT2D eigenvalue weighted by Crippen LogP contribution is 2.22. The topological polar surface area (TPSA) is 28.2 Å². The monoisotopic (exact) mass is 269 g/mol. The molecule has 0 aliphatic carbocycles. The zero-order valence-corrected chi connectivity index (χ0v) is 12.3. The van der Waals surface area contributed by atoms with Crippen LogP contribution >= 0.6 is 0 Å². The van der Waals surface area contributed by atoms with Crippen molar-refractivity contribution in [3.8, 4) is 0 Å². The van der Waals surface area contributed by atoms with E-state index in [-0.39, 0.29) is 0 Å². The van der Waals surface area contributed by atoms with Gasteiger partial charge in [0.1, 0.15) is 0 Å². The number of fused-ring (bicyclic) bond motifs is 1. The molecule has 2 atom stereocenters.